The van der Waals surface area contributed by atoms with Gasteiger partial charge in [0.25, 0.3) is 0 Å². The van der Waals surface area contributed by atoms with E-state index in [0.29, 0.717) is 12.5 Å². The molecule has 1 saturated carbocycles. The van der Waals surface area contributed by atoms with Gasteiger partial charge in [-0.05, 0) is 58.8 Å². The molecule has 0 aromatic rings. The first kappa shape index (κ1) is 14.8. The summed E-state index contributed by atoms with van der Waals surface area (Å²) in [6, 6.07) is 0.0797. The third-order valence-corrected chi connectivity index (χ3v) is 4.17. The van der Waals surface area contributed by atoms with Crippen LogP contribution in [0.1, 0.15) is 25.7 Å². The molecular weight excluding hydrogens is 242 g/mol. The Bertz CT molecular complexity index is 307. The molecule has 2 aliphatic rings. The van der Waals surface area contributed by atoms with E-state index in [1.54, 1.807) is 0 Å². The van der Waals surface area contributed by atoms with E-state index in [0.717, 1.165) is 31.8 Å². The topological polar surface area (TPSA) is 55.8 Å². The van der Waals surface area contributed by atoms with E-state index in [-0.39, 0.29) is 6.04 Å². The zero-order valence-corrected chi connectivity index (χ0v) is 12.1. The Hall–Kier alpha value is -0.650. The summed E-state index contributed by atoms with van der Waals surface area (Å²) in [5.74, 6) is 0.0376. The SMILES string of the molecule is CN1CCC(CN(C)CCC(NC2CC2)C(=O)O)C1. The molecule has 2 rings (SSSR count). The van der Waals surface area contributed by atoms with Crippen LogP contribution < -0.4 is 5.32 Å². The third kappa shape index (κ3) is 5.09. The predicted octanol–water partition coefficient (Wildman–Crippen LogP) is 0.465. The molecule has 1 aliphatic heterocycles. The second-order valence-electron chi connectivity index (χ2n) is 6.30. The highest BCUT2D eigenvalue weighted by atomic mass is 16.4. The quantitative estimate of drug-likeness (QED) is 0.671. The molecule has 2 N–H and O–H groups in total. The summed E-state index contributed by atoms with van der Waals surface area (Å²) < 4.78 is 0. The number of hydrogen-bond donors (Lipinski definition) is 2. The molecule has 19 heavy (non-hydrogen) atoms. The summed E-state index contributed by atoms with van der Waals surface area (Å²) in [6.07, 6.45) is 4.23. The number of nitrogens with zero attached hydrogens (tertiary/aromatic N) is 2. The number of likely N-dealkylation sites (tertiary alicyclic amines) is 1. The maximum absolute atomic E-state index is 11.2. The second-order valence-corrected chi connectivity index (χ2v) is 6.30. The van der Waals surface area contributed by atoms with Crippen LogP contribution >= 0.6 is 0 Å². The fourth-order valence-corrected chi connectivity index (χ4v) is 2.87. The highest BCUT2D eigenvalue weighted by Gasteiger charge is 2.28. The zero-order valence-electron chi connectivity index (χ0n) is 12.1. The number of carboxylic acids is 1. The fraction of sp³-hybridized carbons (Fsp3) is 0.929. The molecule has 1 aliphatic carbocycles. The Morgan fingerprint density at radius 3 is 2.74 bits per heavy atom. The lowest BCUT2D eigenvalue weighted by Crippen LogP contribution is -2.41. The van der Waals surface area contributed by atoms with Gasteiger partial charge in [-0.2, -0.15) is 0 Å². The molecule has 0 bridgehead atoms. The van der Waals surface area contributed by atoms with Crippen LogP contribution in [0.15, 0.2) is 0 Å². The Morgan fingerprint density at radius 1 is 1.47 bits per heavy atom. The molecule has 1 heterocycles. The van der Waals surface area contributed by atoms with Crippen molar-refractivity contribution in [3.8, 4) is 0 Å². The van der Waals surface area contributed by atoms with Gasteiger partial charge in [-0.3, -0.25) is 4.79 Å². The van der Waals surface area contributed by atoms with Crippen molar-refractivity contribution in [3.05, 3.63) is 0 Å². The smallest absolute Gasteiger partial charge is 0.320 e. The summed E-state index contributed by atoms with van der Waals surface area (Å²) in [6.45, 7) is 4.31. The average molecular weight is 269 g/mol. The van der Waals surface area contributed by atoms with Crippen LogP contribution in [0.3, 0.4) is 0 Å². The third-order valence-electron chi connectivity index (χ3n) is 4.17. The average Bonchev–Trinajstić information content (AvgIpc) is 3.07. The number of rotatable bonds is 8. The highest BCUT2D eigenvalue weighted by molar-refractivity contribution is 5.73. The van der Waals surface area contributed by atoms with Crippen LogP contribution in [-0.4, -0.2) is 73.2 Å². The van der Waals surface area contributed by atoms with Crippen molar-refractivity contribution in [3.63, 3.8) is 0 Å². The molecule has 5 heteroatoms. The van der Waals surface area contributed by atoms with Crippen molar-refractivity contribution in [2.24, 2.45) is 5.92 Å². The summed E-state index contributed by atoms with van der Waals surface area (Å²) >= 11 is 0. The Kier molecular flexibility index (Phi) is 5.19. The van der Waals surface area contributed by atoms with Crippen LogP contribution in [0.2, 0.25) is 0 Å². The fourth-order valence-electron chi connectivity index (χ4n) is 2.87. The van der Waals surface area contributed by atoms with E-state index in [4.69, 9.17) is 0 Å². The number of aliphatic carboxylic acids is 1. The summed E-state index contributed by atoms with van der Waals surface area (Å²) in [5, 5.41) is 12.4. The molecule has 0 radical (unpaired) electrons. The Morgan fingerprint density at radius 2 is 2.21 bits per heavy atom. The van der Waals surface area contributed by atoms with Crippen molar-refractivity contribution < 1.29 is 9.90 Å². The lowest BCUT2D eigenvalue weighted by Gasteiger charge is -2.23. The van der Waals surface area contributed by atoms with Crippen molar-refractivity contribution >= 4 is 5.97 Å². The van der Waals surface area contributed by atoms with Crippen LogP contribution in [0.25, 0.3) is 0 Å². The molecule has 0 amide bonds. The first-order valence-corrected chi connectivity index (χ1v) is 7.40. The zero-order chi connectivity index (χ0) is 13.8. The molecule has 0 spiro atoms. The van der Waals surface area contributed by atoms with Gasteiger partial charge in [0.05, 0.1) is 0 Å². The van der Waals surface area contributed by atoms with Crippen molar-refractivity contribution in [1.29, 1.82) is 0 Å². The predicted molar refractivity (Wildman–Crippen MR) is 75.3 cm³/mol. The monoisotopic (exact) mass is 269 g/mol. The number of hydrogen-bond acceptors (Lipinski definition) is 4. The van der Waals surface area contributed by atoms with Gasteiger partial charge in [0.15, 0.2) is 0 Å². The first-order chi connectivity index (χ1) is 9.04. The highest BCUT2D eigenvalue weighted by Crippen LogP contribution is 2.20. The van der Waals surface area contributed by atoms with E-state index in [1.165, 1.54) is 19.5 Å². The van der Waals surface area contributed by atoms with Crippen molar-refractivity contribution in [2.75, 3.05) is 40.3 Å². The number of nitrogens with one attached hydrogen (secondary N) is 1. The summed E-state index contributed by atoms with van der Waals surface area (Å²) in [5.41, 5.74) is 0. The van der Waals surface area contributed by atoms with E-state index in [1.807, 2.05) is 0 Å². The largest absolute Gasteiger partial charge is 0.480 e. The van der Waals surface area contributed by atoms with E-state index in [2.05, 4.69) is 29.2 Å². The molecule has 2 fully saturated rings. The van der Waals surface area contributed by atoms with Gasteiger partial charge in [-0.25, -0.2) is 0 Å². The maximum atomic E-state index is 11.2. The number of carboxylic acid groups (broad SMARTS) is 1. The Balaban J connectivity index is 1.65. The van der Waals surface area contributed by atoms with E-state index >= 15 is 0 Å². The molecule has 5 nitrogen and oxygen atoms in total. The van der Waals surface area contributed by atoms with E-state index < -0.39 is 5.97 Å². The minimum absolute atomic E-state index is 0.374. The molecule has 2 unspecified atom stereocenters. The Labute approximate surface area is 115 Å². The van der Waals surface area contributed by atoms with Gasteiger partial charge in [-0.15, -0.1) is 0 Å². The van der Waals surface area contributed by atoms with Crippen LogP contribution in [0, 0.1) is 5.92 Å². The molecule has 0 aromatic heterocycles. The van der Waals surface area contributed by atoms with Crippen LogP contribution in [0.4, 0.5) is 0 Å². The van der Waals surface area contributed by atoms with Gasteiger partial charge in [0.2, 0.25) is 0 Å². The van der Waals surface area contributed by atoms with Crippen molar-refractivity contribution in [2.45, 2.75) is 37.8 Å². The maximum Gasteiger partial charge on any atom is 0.320 e. The lowest BCUT2D eigenvalue weighted by atomic mass is 10.1. The first-order valence-electron chi connectivity index (χ1n) is 7.40. The molecule has 2 atom stereocenters. The van der Waals surface area contributed by atoms with Gasteiger partial charge >= 0.3 is 5.97 Å². The lowest BCUT2D eigenvalue weighted by molar-refractivity contribution is -0.139. The van der Waals surface area contributed by atoms with E-state index in [9.17, 15) is 9.90 Å². The minimum atomic E-state index is -0.708. The van der Waals surface area contributed by atoms with Crippen LogP contribution in [-0.2, 0) is 4.79 Å². The van der Waals surface area contributed by atoms with Gasteiger partial charge in [-0.1, -0.05) is 0 Å². The van der Waals surface area contributed by atoms with Gasteiger partial charge in [0, 0.05) is 19.1 Å². The molecule has 1 saturated heterocycles. The number of carbonyl (C=O) groups is 1. The minimum Gasteiger partial charge on any atom is -0.480 e. The van der Waals surface area contributed by atoms with Gasteiger partial charge in [0.1, 0.15) is 6.04 Å². The molecule has 110 valence electrons. The van der Waals surface area contributed by atoms with Crippen molar-refractivity contribution in [1.82, 2.24) is 15.1 Å². The normalized spacial score (nSPS) is 25.9. The second kappa shape index (κ2) is 6.68. The van der Waals surface area contributed by atoms with Gasteiger partial charge < -0.3 is 20.2 Å². The molecule has 0 aromatic carbocycles. The summed E-state index contributed by atoms with van der Waals surface area (Å²) in [7, 11) is 4.27. The summed E-state index contributed by atoms with van der Waals surface area (Å²) in [4.78, 5) is 15.8. The molecular formula is C14H27N3O2. The standard InChI is InChI=1S/C14H27N3O2/c1-16-7-5-11(9-16)10-17(2)8-6-13(14(18)19)15-12-3-4-12/h11-13,15H,3-10H2,1-2H3,(H,18,19). The van der Waals surface area contributed by atoms with Crippen LogP contribution in [0.5, 0.6) is 0 Å².